The molecular formula is C12H15ClN6O2. The Kier molecular flexibility index (Phi) is 3.73. The van der Waals surface area contributed by atoms with E-state index in [2.05, 4.69) is 15.5 Å². The van der Waals surface area contributed by atoms with Gasteiger partial charge in [0.05, 0.1) is 23.1 Å². The zero-order chi connectivity index (χ0) is 15.8. The number of carbonyl (C=O) groups excluding carboxylic acids is 2. The molecule has 9 heteroatoms. The minimum atomic E-state index is -1.00. The van der Waals surface area contributed by atoms with E-state index in [4.69, 9.17) is 17.3 Å². The topological polar surface area (TPSA) is 108 Å². The fourth-order valence-corrected chi connectivity index (χ4v) is 1.94. The Morgan fingerprint density at radius 1 is 1.33 bits per heavy atom. The van der Waals surface area contributed by atoms with Gasteiger partial charge < -0.3 is 11.1 Å². The molecule has 0 aromatic carbocycles. The summed E-state index contributed by atoms with van der Waals surface area (Å²) in [6, 6.07) is 0. The van der Waals surface area contributed by atoms with Gasteiger partial charge in [-0.1, -0.05) is 11.6 Å². The third-order valence-corrected chi connectivity index (χ3v) is 3.30. The van der Waals surface area contributed by atoms with E-state index >= 15 is 0 Å². The second kappa shape index (κ2) is 5.21. The lowest BCUT2D eigenvalue weighted by atomic mass is 10.0. The number of carbonyl (C=O) groups is 2. The zero-order valence-electron chi connectivity index (χ0n) is 11.8. The SMILES string of the molecule is Cn1ncc(NC(=O)C(C)(C)n2cc(Cl)cn2)c1C(N)=O. The van der Waals surface area contributed by atoms with Crippen LogP contribution in [0.15, 0.2) is 18.6 Å². The lowest BCUT2D eigenvalue weighted by Crippen LogP contribution is -2.41. The molecule has 0 radical (unpaired) electrons. The second-order valence-electron chi connectivity index (χ2n) is 5.01. The first-order chi connectivity index (χ1) is 9.73. The summed E-state index contributed by atoms with van der Waals surface area (Å²) in [4.78, 5) is 23.8. The number of rotatable bonds is 4. The van der Waals surface area contributed by atoms with Gasteiger partial charge in [-0.25, -0.2) is 0 Å². The molecule has 8 nitrogen and oxygen atoms in total. The highest BCUT2D eigenvalue weighted by molar-refractivity contribution is 6.30. The third kappa shape index (κ3) is 2.75. The summed E-state index contributed by atoms with van der Waals surface area (Å²) in [6.07, 6.45) is 4.35. The minimum Gasteiger partial charge on any atom is -0.364 e. The van der Waals surface area contributed by atoms with Crippen LogP contribution in [0.3, 0.4) is 0 Å². The molecule has 0 aliphatic rings. The first-order valence-corrected chi connectivity index (χ1v) is 6.45. The first-order valence-electron chi connectivity index (χ1n) is 6.07. The summed E-state index contributed by atoms with van der Waals surface area (Å²) in [5, 5.41) is 11.0. The van der Waals surface area contributed by atoms with E-state index in [1.54, 1.807) is 27.1 Å². The van der Waals surface area contributed by atoms with Gasteiger partial charge in [-0.15, -0.1) is 0 Å². The number of nitrogens with two attached hydrogens (primary N) is 1. The molecule has 0 unspecified atom stereocenters. The average molecular weight is 311 g/mol. The van der Waals surface area contributed by atoms with E-state index in [-0.39, 0.29) is 17.3 Å². The number of hydrogen-bond donors (Lipinski definition) is 2. The number of hydrogen-bond acceptors (Lipinski definition) is 4. The highest BCUT2D eigenvalue weighted by Gasteiger charge is 2.32. The molecule has 0 saturated heterocycles. The molecule has 2 amide bonds. The highest BCUT2D eigenvalue weighted by Crippen LogP contribution is 2.21. The van der Waals surface area contributed by atoms with Crippen LogP contribution in [0, 0.1) is 0 Å². The van der Waals surface area contributed by atoms with E-state index in [0.29, 0.717) is 5.02 Å². The largest absolute Gasteiger partial charge is 0.364 e. The number of nitrogens with zero attached hydrogens (tertiary/aromatic N) is 4. The predicted molar refractivity (Wildman–Crippen MR) is 76.9 cm³/mol. The quantitative estimate of drug-likeness (QED) is 0.868. The van der Waals surface area contributed by atoms with Crippen molar-refractivity contribution < 1.29 is 9.59 Å². The van der Waals surface area contributed by atoms with Gasteiger partial charge in [0.15, 0.2) is 0 Å². The molecule has 2 aromatic heterocycles. The van der Waals surface area contributed by atoms with Crippen LogP contribution in [-0.2, 0) is 17.4 Å². The van der Waals surface area contributed by atoms with Crippen LogP contribution in [0.4, 0.5) is 5.69 Å². The fourth-order valence-electron chi connectivity index (χ4n) is 1.81. The summed E-state index contributed by atoms with van der Waals surface area (Å²) in [5.74, 6) is -1.05. The number of aryl methyl sites for hydroxylation is 1. The van der Waals surface area contributed by atoms with Crippen LogP contribution in [0.25, 0.3) is 0 Å². The van der Waals surface area contributed by atoms with Crippen LogP contribution < -0.4 is 11.1 Å². The van der Waals surface area contributed by atoms with Crippen molar-refractivity contribution in [1.29, 1.82) is 0 Å². The Morgan fingerprint density at radius 3 is 2.52 bits per heavy atom. The molecule has 112 valence electrons. The van der Waals surface area contributed by atoms with Crippen molar-refractivity contribution in [2.45, 2.75) is 19.4 Å². The van der Waals surface area contributed by atoms with Crippen LogP contribution in [0.5, 0.6) is 0 Å². The molecule has 2 aromatic rings. The molecule has 0 atom stereocenters. The molecule has 3 N–H and O–H groups in total. The van der Waals surface area contributed by atoms with E-state index in [0.717, 1.165) is 0 Å². The molecule has 0 saturated carbocycles. The van der Waals surface area contributed by atoms with Gasteiger partial charge in [-0.2, -0.15) is 10.2 Å². The Hall–Kier alpha value is -2.35. The highest BCUT2D eigenvalue weighted by atomic mass is 35.5. The molecule has 0 spiro atoms. The maximum absolute atomic E-state index is 12.4. The monoisotopic (exact) mass is 310 g/mol. The van der Waals surface area contributed by atoms with Crippen molar-refractivity contribution in [2.75, 3.05) is 5.32 Å². The van der Waals surface area contributed by atoms with Gasteiger partial charge in [-0.3, -0.25) is 19.0 Å². The van der Waals surface area contributed by atoms with Crippen molar-refractivity contribution in [3.05, 3.63) is 29.3 Å². The molecule has 21 heavy (non-hydrogen) atoms. The van der Waals surface area contributed by atoms with Gasteiger partial charge in [0, 0.05) is 13.2 Å². The third-order valence-electron chi connectivity index (χ3n) is 3.10. The van der Waals surface area contributed by atoms with Crippen molar-refractivity contribution >= 4 is 29.1 Å². The molecule has 2 rings (SSSR count). The lowest BCUT2D eigenvalue weighted by Gasteiger charge is -2.24. The Balaban J connectivity index is 2.28. The Morgan fingerprint density at radius 2 is 2.00 bits per heavy atom. The van der Waals surface area contributed by atoms with E-state index < -0.39 is 11.4 Å². The fraction of sp³-hybridized carbons (Fsp3) is 0.333. The molecule has 0 bridgehead atoms. The van der Waals surface area contributed by atoms with Gasteiger partial charge in [0.2, 0.25) is 0 Å². The number of halogens is 1. The Labute approximate surface area is 125 Å². The van der Waals surface area contributed by atoms with E-state index in [9.17, 15) is 9.59 Å². The maximum atomic E-state index is 12.4. The van der Waals surface area contributed by atoms with Crippen molar-refractivity contribution in [1.82, 2.24) is 19.6 Å². The molecule has 0 aliphatic carbocycles. The zero-order valence-corrected chi connectivity index (χ0v) is 12.5. The number of anilines is 1. The predicted octanol–water partition coefficient (Wildman–Crippen LogP) is 0.743. The van der Waals surface area contributed by atoms with Crippen molar-refractivity contribution in [3.8, 4) is 0 Å². The normalized spacial score (nSPS) is 11.4. The van der Waals surface area contributed by atoms with Crippen LogP contribution in [-0.4, -0.2) is 31.4 Å². The maximum Gasteiger partial charge on any atom is 0.269 e. The molecule has 0 fully saturated rings. The number of amides is 2. The number of aromatic nitrogens is 4. The molecule has 0 aliphatic heterocycles. The molecule has 2 heterocycles. The smallest absolute Gasteiger partial charge is 0.269 e. The summed E-state index contributed by atoms with van der Waals surface area (Å²) < 4.78 is 2.74. The summed E-state index contributed by atoms with van der Waals surface area (Å²) in [7, 11) is 1.56. The van der Waals surface area contributed by atoms with Crippen molar-refractivity contribution in [3.63, 3.8) is 0 Å². The van der Waals surface area contributed by atoms with Gasteiger partial charge >= 0.3 is 0 Å². The number of nitrogens with one attached hydrogen (secondary N) is 1. The van der Waals surface area contributed by atoms with Gasteiger partial charge in [-0.05, 0) is 13.8 Å². The summed E-state index contributed by atoms with van der Waals surface area (Å²) in [6.45, 7) is 3.35. The van der Waals surface area contributed by atoms with Gasteiger partial charge in [0.1, 0.15) is 11.2 Å². The van der Waals surface area contributed by atoms with E-state index in [1.165, 1.54) is 21.8 Å². The number of primary amides is 1. The Bertz CT molecular complexity index is 702. The minimum absolute atomic E-state index is 0.123. The van der Waals surface area contributed by atoms with Crippen LogP contribution in [0.2, 0.25) is 5.02 Å². The first kappa shape index (κ1) is 15.0. The average Bonchev–Trinajstić information content (AvgIpc) is 2.96. The van der Waals surface area contributed by atoms with E-state index in [1.807, 2.05) is 0 Å². The van der Waals surface area contributed by atoms with Crippen molar-refractivity contribution in [2.24, 2.45) is 12.8 Å². The van der Waals surface area contributed by atoms with Gasteiger partial charge in [0.25, 0.3) is 11.8 Å². The standard InChI is InChI=1S/C12H15ClN6O2/c1-12(2,19-6-7(13)4-16-19)11(21)17-8-5-15-18(3)9(8)10(14)20/h4-6H,1-3H3,(H2,14,20)(H,17,21). The lowest BCUT2D eigenvalue weighted by molar-refractivity contribution is -0.123. The molecular weight excluding hydrogens is 296 g/mol. The summed E-state index contributed by atoms with van der Waals surface area (Å²) >= 11 is 5.81. The van der Waals surface area contributed by atoms with Crippen LogP contribution in [0.1, 0.15) is 24.3 Å². The second-order valence-corrected chi connectivity index (χ2v) is 5.45. The summed E-state index contributed by atoms with van der Waals surface area (Å²) in [5.41, 5.74) is 4.64. The van der Waals surface area contributed by atoms with Crippen LogP contribution >= 0.6 is 11.6 Å².